The molecule has 1 fully saturated rings. The van der Waals surface area contributed by atoms with Crippen LogP contribution in [0.5, 0.6) is 0 Å². The minimum Gasteiger partial charge on any atom is -0.480 e. The number of likely N-dealkylation sites (N-methyl/N-ethyl adjacent to an activating group) is 1. The molecule has 3 heteroatoms. The Kier molecular flexibility index (Phi) is 3.09. The fourth-order valence-electron chi connectivity index (χ4n) is 1.59. The van der Waals surface area contributed by atoms with Crippen LogP contribution >= 0.6 is 0 Å². The predicted octanol–water partition coefficient (Wildman–Crippen LogP) is 1.19. The molecule has 1 aliphatic rings. The molecule has 12 heavy (non-hydrogen) atoms. The molecular formula is C9H17NO2. The van der Waals surface area contributed by atoms with Crippen LogP contribution in [0.15, 0.2) is 0 Å². The second-order valence-electron chi connectivity index (χ2n) is 3.53. The Hall–Kier alpha value is -0.570. The SMILES string of the molecule is CCN(CC(=O)O)C(C)C1CC1. The van der Waals surface area contributed by atoms with Crippen molar-refractivity contribution in [3.05, 3.63) is 0 Å². The highest BCUT2D eigenvalue weighted by molar-refractivity contribution is 5.69. The first-order chi connectivity index (χ1) is 5.65. The maximum atomic E-state index is 10.5. The molecule has 0 aromatic heterocycles. The Bertz CT molecular complexity index is 166. The largest absolute Gasteiger partial charge is 0.480 e. The van der Waals surface area contributed by atoms with E-state index < -0.39 is 5.97 Å². The van der Waals surface area contributed by atoms with Crippen LogP contribution in [0.4, 0.5) is 0 Å². The number of nitrogens with zero attached hydrogens (tertiary/aromatic N) is 1. The van der Waals surface area contributed by atoms with E-state index in [-0.39, 0.29) is 6.54 Å². The lowest BCUT2D eigenvalue weighted by molar-refractivity contribution is -0.138. The number of aliphatic carboxylic acids is 1. The molecule has 70 valence electrons. The summed E-state index contributed by atoms with van der Waals surface area (Å²) < 4.78 is 0. The molecule has 1 rings (SSSR count). The zero-order valence-electron chi connectivity index (χ0n) is 7.79. The molecule has 0 aromatic rings. The van der Waals surface area contributed by atoms with Crippen molar-refractivity contribution in [1.82, 2.24) is 4.90 Å². The first-order valence-electron chi connectivity index (χ1n) is 4.61. The van der Waals surface area contributed by atoms with Crippen LogP contribution in [0.1, 0.15) is 26.7 Å². The Morgan fingerprint density at radius 2 is 2.25 bits per heavy atom. The van der Waals surface area contributed by atoms with Gasteiger partial charge in [0.05, 0.1) is 6.54 Å². The summed E-state index contributed by atoms with van der Waals surface area (Å²) in [4.78, 5) is 12.5. The third kappa shape index (κ3) is 2.48. The molecule has 1 saturated carbocycles. The molecule has 0 saturated heterocycles. The summed E-state index contributed by atoms with van der Waals surface area (Å²) in [5, 5.41) is 8.62. The van der Waals surface area contributed by atoms with Crippen LogP contribution in [0.2, 0.25) is 0 Å². The van der Waals surface area contributed by atoms with Gasteiger partial charge < -0.3 is 5.11 Å². The number of hydrogen-bond acceptors (Lipinski definition) is 2. The molecule has 0 bridgehead atoms. The fraction of sp³-hybridized carbons (Fsp3) is 0.889. The van der Waals surface area contributed by atoms with E-state index in [4.69, 9.17) is 5.11 Å². The van der Waals surface area contributed by atoms with E-state index in [0.717, 1.165) is 12.5 Å². The first-order valence-corrected chi connectivity index (χ1v) is 4.61. The molecule has 1 unspecified atom stereocenters. The van der Waals surface area contributed by atoms with E-state index in [9.17, 15) is 4.79 Å². The number of rotatable bonds is 5. The van der Waals surface area contributed by atoms with Crippen molar-refractivity contribution in [3.63, 3.8) is 0 Å². The van der Waals surface area contributed by atoms with Gasteiger partial charge in [0.1, 0.15) is 0 Å². The summed E-state index contributed by atoms with van der Waals surface area (Å²) in [5.74, 6) is 0.0358. The van der Waals surface area contributed by atoms with E-state index in [1.807, 2.05) is 11.8 Å². The topological polar surface area (TPSA) is 40.5 Å². The average Bonchev–Trinajstić information content (AvgIpc) is 2.80. The molecule has 1 atom stereocenters. The number of carboxylic acid groups (broad SMARTS) is 1. The monoisotopic (exact) mass is 171 g/mol. The zero-order valence-corrected chi connectivity index (χ0v) is 7.79. The molecule has 1 aliphatic carbocycles. The molecular weight excluding hydrogens is 154 g/mol. The van der Waals surface area contributed by atoms with Crippen LogP contribution in [0.3, 0.4) is 0 Å². The average molecular weight is 171 g/mol. The van der Waals surface area contributed by atoms with Gasteiger partial charge >= 0.3 is 5.97 Å². The predicted molar refractivity (Wildman–Crippen MR) is 47.1 cm³/mol. The first kappa shape index (κ1) is 9.52. The van der Waals surface area contributed by atoms with E-state index in [0.29, 0.717) is 6.04 Å². The van der Waals surface area contributed by atoms with Crippen LogP contribution < -0.4 is 0 Å². The molecule has 0 aliphatic heterocycles. The molecule has 0 radical (unpaired) electrons. The van der Waals surface area contributed by atoms with Crippen molar-refractivity contribution >= 4 is 5.97 Å². The Balaban J connectivity index is 2.36. The summed E-state index contributed by atoms with van der Waals surface area (Å²) in [6.45, 7) is 5.17. The van der Waals surface area contributed by atoms with Crippen molar-refractivity contribution in [1.29, 1.82) is 0 Å². The third-order valence-electron chi connectivity index (χ3n) is 2.62. The highest BCUT2D eigenvalue weighted by Gasteiger charge is 2.31. The number of carbonyl (C=O) groups is 1. The molecule has 0 amide bonds. The van der Waals surface area contributed by atoms with Gasteiger partial charge in [0.15, 0.2) is 0 Å². The maximum absolute atomic E-state index is 10.5. The van der Waals surface area contributed by atoms with E-state index in [1.165, 1.54) is 12.8 Å². The van der Waals surface area contributed by atoms with Crippen molar-refractivity contribution in [3.8, 4) is 0 Å². The van der Waals surface area contributed by atoms with E-state index >= 15 is 0 Å². The van der Waals surface area contributed by atoms with Crippen molar-refractivity contribution in [2.75, 3.05) is 13.1 Å². The molecule has 3 nitrogen and oxygen atoms in total. The van der Waals surface area contributed by atoms with Gasteiger partial charge in [-0.3, -0.25) is 9.69 Å². The molecule has 0 spiro atoms. The van der Waals surface area contributed by atoms with Crippen molar-refractivity contribution in [2.45, 2.75) is 32.7 Å². The third-order valence-corrected chi connectivity index (χ3v) is 2.62. The van der Waals surface area contributed by atoms with Crippen LogP contribution in [-0.2, 0) is 4.79 Å². The van der Waals surface area contributed by atoms with Gasteiger partial charge in [-0.1, -0.05) is 6.92 Å². The van der Waals surface area contributed by atoms with Gasteiger partial charge in [-0.2, -0.15) is 0 Å². The molecule has 0 aromatic carbocycles. The lowest BCUT2D eigenvalue weighted by Gasteiger charge is -2.25. The van der Waals surface area contributed by atoms with Crippen molar-refractivity contribution < 1.29 is 9.90 Å². The molecule has 1 N–H and O–H groups in total. The summed E-state index contributed by atoms with van der Waals surface area (Å²) in [7, 11) is 0. The summed E-state index contributed by atoms with van der Waals surface area (Å²) in [6, 6.07) is 0.450. The maximum Gasteiger partial charge on any atom is 0.317 e. The van der Waals surface area contributed by atoms with E-state index in [2.05, 4.69) is 6.92 Å². The Morgan fingerprint density at radius 1 is 1.67 bits per heavy atom. The quantitative estimate of drug-likeness (QED) is 0.675. The highest BCUT2D eigenvalue weighted by Crippen LogP contribution is 2.34. The van der Waals surface area contributed by atoms with Crippen LogP contribution in [0, 0.1) is 5.92 Å². The smallest absolute Gasteiger partial charge is 0.317 e. The van der Waals surface area contributed by atoms with Gasteiger partial charge in [-0.05, 0) is 32.2 Å². The van der Waals surface area contributed by atoms with Crippen LogP contribution in [0.25, 0.3) is 0 Å². The summed E-state index contributed by atoms with van der Waals surface area (Å²) in [6.07, 6.45) is 2.55. The summed E-state index contributed by atoms with van der Waals surface area (Å²) in [5.41, 5.74) is 0. The van der Waals surface area contributed by atoms with Crippen molar-refractivity contribution in [2.24, 2.45) is 5.92 Å². The second-order valence-corrected chi connectivity index (χ2v) is 3.53. The van der Waals surface area contributed by atoms with Gasteiger partial charge in [-0.15, -0.1) is 0 Å². The van der Waals surface area contributed by atoms with Gasteiger partial charge in [0, 0.05) is 6.04 Å². The van der Waals surface area contributed by atoms with Gasteiger partial charge in [0.2, 0.25) is 0 Å². The van der Waals surface area contributed by atoms with Crippen LogP contribution in [-0.4, -0.2) is 35.1 Å². The Morgan fingerprint density at radius 3 is 2.58 bits per heavy atom. The van der Waals surface area contributed by atoms with Gasteiger partial charge in [-0.25, -0.2) is 0 Å². The minimum atomic E-state index is -0.718. The van der Waals surface area contributed by atoms with E-state index in [1.54, 1.807) is 0 Å². The zero-order chi connectivity index (χ0) is 9.14. The fourth-order valence-corrected chi connectivity index (χ4v) is 1.59. The molecule has 0 heterocycles. The Labute approximate surface area is 73.4 Å². The number of hydrogen-bond donors (Lipinski definition) is 1. The number of carboxylic acids is 1. The normalized spacial score (nSPS) is 19.6. The lowest BCUT2D eigenvalue weighted by Crippen LogP contribution is -2.38. The summed E-state index contributed by atoms with van der Waals surface area (Å²) >= 11 is 0. The van der Waals surface area contributed by atoms with Gasteiger partial charge in [0.25, 0.3) is 0 Å². The standard InChI is InChI=1S/C9H17NO2/c1-3-10(6-9(11)12)7(2)8-4-5-8/h7-8H,3-6H2,1-2H3,(H,11,12). The highest BCUT2D eigenvalue weighted by atomic mass is 16.4. The lowest BCUT2D eigenvalue weighted by atomic mass is 10.2. The minimum absolute atomic E-state index is 0.189. The second kappa shape index (κ2) is 3.90.